The van der Waals surface area contributed by atoms with Gasteiger partial charge in [0.25, 0.3) is 5.91 Å². The maximum absolute atomic E-state index is 13.4. The number of piperidine rings is 1. The highest BCUT2D eigenvalue weighted by Gasteiger charge is 2.44. The molecule has 3 aliphatic heterocycles. The number of likely N-dealkylation sites (N-methyl/N-ethyl adjacent to an activating group) is 1. The van der Waals surface area contributed by atoms with Crippen LogP contribution in [0.15, 0.2) is 35.5 Å². The first-order valence-corrected chi connectivity index (χ1v) is 12.5. The monoisotopic (exact) mass is 502 g/mol. The molecule has 4 amide bonds. The number of likely N-dealkylation sites (tertiary alicyclic amines) is 1. The molecule has 35 heavy (non-hydrogen) atoms. The van der Waals surface area contributed by atoms with E-state index in [1.54, 1.807) is 39.8 Å². The Morgan fingerprint density at radius 2 is 1.86 bits per heavy atom. The molecule has 0 bridgehead atoms. The van der Waals surface area contributed by atoms with Crippen molar-refractivity contribution in [2.24, 2.45) is 5.92 Å². The molecular weight excluding hydrogens is 472 g/mol. The zero-order valence-electron chi connectivity index (χ0n) is 20.1. The summed E-state index contributed by atoms with van der Waals surface area (Å²) < 4.78 is 5.09. The number of carbonyl (C=O) groups is 4. The number of benzene rings is 1. The number of nitrogens with zero attached hydrogens (tertiary/aromatic N) is 3. The van der Waals surface area contributed by atoms with E-state index in [4.69, 9.17) is 16.3 Å². The molecule has 3 heterocycles. The van der Waals surface area contributed by atoms with Gasteiger partial charge in [-0.25, -0.2) is 4.79 Å². The second-order valence-corrected chi connectivity index (χ2v) is 9.30. The summed E-state index contributed by atoms with van der Waals surface area (Å²) in [5.41, 5.74) is 1.83. The fourth-order valence-corrected chi connectivity index (χ4v) is 5.26. The fourth-order valence-electron chi connectivity index (χ4n) is 5.02. The van der Waals surface area contributed by atoms with E-state index in [-0.39, 0.29) is 49.2 Å². The van der Waals surface area contributed by atoms with Gasteiger partial charge in [-0.1, -0.05) is 29.8 Å². The Hall–Kier alpha value is -3.07. The van der Waals surface area contributed by atoms with Crippen molar-refractivity contribution >= 4 is 35.4 Å². The van der Waals surface area contributed by atoms with Crippen molar-refractivity contribution in [3.8, 4) is 0 Å². The average molecular weight is 503 g/mol. The van der Waals surface area contributed by atoms with Crippen LogP contribution in [0.2, 0.25) is 5.02 Å². The second kappa shape index (κ2) is 10.7. The van der Waals surface area contributed by atoms with Crippen molar-refractivity contribution in [3.63, 3.8) is 0 Å². The fraction of sp³-hybridized carbons (Fsp3) is 0.520. The van der Waals surface area contributed by atoms with E-state index in [2.05, 4.69) is 5.32 Å². The van der Waals surface area contributed by atoms with E-state index < -0.39 is 6.04 Å². The molecule has 1 fully saturated rings. The van der Waals surface area contributed by atoms with Gasteiger partial charge in [0.15, 0.2) is 0 Å². The summed E-state index contributed by atoms with van der Waals surface area (Å²) in [4.78, 5) is 56.0. The SMILES string of the molecule is CCOC(=O)C1CCN(C(=O)CCN2CC3=C(C2=O)C(c2ccccc2Cl)NC(=O)N3CC)CC1. The third-order valence-electron chi connectivity index (χ3n) is 6.89. The Morgan fingerprint density at radius 1 is 1.14 bits per heavy atom. The molecule has 188 valence electrons. The normalized spacial score (nSPS) is 20.8. The smallest absolute Gasteiger partial charge is 0.322 e. The van der Waals surface area contributed by atoms with Gasteiger partial charge < -0.3 is 19.9 Å². The second-order valence-electron chi connectivity index (χ2n) is 8.89. The highest BCUT2D eigenvalue weighted by Crippen LogP contribution is 2.38. The Kier molecular flexibility index (Phi) is 7.64. The first kappa shape index (κ1) is 25.0. The van der Waals surface area contributed by atoms with Crippen LogP contribution in [0.1, 0.15) is 44.7 Å². The molecule has 0 saturated carbocycles. The van der Waals surface area contributed by atoms with E-state index in [0.717, 1.165) is 0 Å². The Labute approximate surface area is 210 Å². The number of nitrogens with one attached hydrogen (secondary N) is 1. The van der Waals surface area contributed by atoms with Gasteiger partial charge >= 0.3 is 12.0 Å². The van der Waals surface area contributed by atoms with E-state index in [0.29, 0.717) is 60.9 Å². The maximum atomic E-state index is 13.4. The highest BCUT2D eigenvalue weighted by atomic mass is 35.5. The number of esters is 1. The molecule has 9 nitrogen and oxygen atoms in total. The lowest BCUT2D eigenvalue weighted by atomic mass is 9.95. The Balaban J connectivity index is 1.41. The summed E-state index contributed by atoms with van der Waals surface area (Å²) in [7, 11) is 0. The summed E-state index contributed by atoms with van der Waals surface area (Å²) in [6.07, 6.45) is 1.35. The van der Waals surface area contributed by atoms with Crippen molar-refractivity contribution in [1.82, 2.24) is 20.0 Å². The Bertz CT molecular complexity index is 1050. The summed E-state index contributed by atoms with van der Waals surface area (Å²) in [6.45, 7) is 5.95. The summed E-state index contributed by atoms with van der Waals surface area (Å²) in [6, 6.07) is 6.25. The van der Waals surface area contributed by atoms with Crippen LogP contribution in [0.5, 0.6) is 0 Å². The summed E-state index contributed by atoms with van der Waals surface area (Å²) in [5, 5.41) is 3.39. The van der Waals surface area contributed by atoms with Crippen LogP contribution in [0.3, 0.4) is 0 Å². The molecule has 1 unspecified atom stereocenters. The van der Waals surface area contributed by atoms with Crippen LogP contribution in [-0.2, 0) is 19.1 Å². The molecule has 1 aromatic carbocycles. The molecule has 3 aliphatic rings. The zero-order chi connectivity index (χ0) is 25.1. The van der Waals surface area contributed by atoms with Crippen LogP contribution in [0, 0.1) is 5.92 Å². The van der Waals surface area contributed by atoms with Crippen molar-refractivity contribution in [2.75, 3.05) is 39.3 Å². The minimum absolute atomic E-state index is 0.0471. The molecule has 1 aromatic rings. The zero-order valence-corrected chi connectivity index (χ0v) is 20.8. The van der Waals surface area contributed by atoms with E-state index in [1.165, 1.54) is 0 Å². The number of urea groups is 1. The van der Waals surface area contributed by atoms with Gasteiger partial charge in [0.2, 0.25) is 5.91 Å². The first-order chi connectivity index (χ1) is 16.8. The molecule has 0 radical (unpaired) electrons. The van der Waals surface area contributed by atoms with E-state index in [1.807, 2.05) is 13.0 Å². The van der Waals surface area contributed by atoms with Crippen LogP contribution in [0.25, 0.3) is 0 Å². The molecule has 1 atom stereocenters. The number of hydrogen-bond donors (Lipinski definition) is 1. The number of ether oxygens (including phenoxy) is 1. The van der Waals surface area contributed by atoms with Gasteiger partial charge in [0.1, 0.15) is 0 Å². The third kappa shape index (κ3) is 5.00. The van der Waals surface area contributed by atoms with Crippen molar-refractivity contribution in [3.05, 3.63) is 46.1 Å². The van der Waals surface area contributed by atoms with Gasteiger partial charge in [-0.3, -0.25) is 19.3 Å². The van der Waals surface area contributed by atoms with Crippen LogP contribution >= 0.6 is 11.6 Å². The number of carbonyl (C=O) groups excluding carboxylic acids is 4. The summed E-state index contributed by atoms with van der Waals surface area (Å²) in [5.74, 6) is -0.608. The van der Waals surface area contributed by atoms with E-state index in [9.17, 15) is 19.2 Å². The summed E-state index contributed by atoms with van der Waals surface area (Å²) >= 11 is 6.39. The van der Waals surface area contributed by atoms with Crippen molar-refractivity contribution in [2.45, 2.75) is 39.2 Å². The minimum Gasteiger partial charge on any atom is -0.466 e. The van der Waals surface area contributed by atoms with Crippen molar-refractivity contribution < 1.29 is 23.9 Å². The number of hydrogen-bond acceptors (Lipinski definition) is 5. The largest absolute Gasteiger partial charge is 0.466 e. The maximum Gasteiger partial charge on any atom is 0.322 e. The van der Waals surface area contributed by atoms with Gasteiger partial charge in [-0.15, -0.1) is 0 Å². The molecule has 4 rings (SSSR count). The van der Waals surface area contributed by atoms with Crippen LogP contribution in [0.4, 0.5) is 4.79 Å². The van der Waals surface area contributed by atoms with Gasteiger partial charge in [-0.2, -0.15) is 0 Å². The lowest BCUT2D eigenvalue weighted by molar-refractivity contribution is -0.151. The topological polar surface area (TPSA) is 99.3 Å². The molecule has 10 heteroatoms. The van der Waals surface area contributed by atoms with E-state index >= 15 is 0 Å². The lowest BCUT2D eigenvalue weighted by Gasteiger charge is -2.33. The Morgan fingerprint density at radius 3 is 2.51 bits per heavy atom. The third-order valence-corrected chi connectivity index (χ3v) is 7.24. The van der Waals surface area contributed by atoms with Crippen LogP contribution < -0.4 is 5.32 Å². The number of halogens is 1. The standard InChI is InChI=1S/C25H31ClN4O5/c1-3-30-19-15-29(14-11-20(31)28-12-9-16(10-13-28)24(33)35-4-2)23(32)21(19)22(27-25(30)34)17-7-5-6-8-18(17)26/h5-8,16,22H,3-4,9-15H2,1-2H3,(H,27,34). The minimum atomic E-state index is -0.635. The first-order valence-electron chi connectivity index (χ1n) is 12.1. The lowest BCUT2D eigenvalue weighted by Crippen LogP contribution is -2.47. The molecule has 0 aromatic heterocycles. The quantitative estimate of drug-likeness (QED) is 0.578. The molecule has 0 spiro atoms. The molecule has 1 N–H and O–H groups in total. The van der Waals surface area contributed by atoms with Gasteiger partial charge in [-0.05, 0) is 38.3 Å². The average Bonchev–Trinajstić information content (AvgIpc) is 3.18. The molecule has 0 aliphatic carbocycles. The molecular formula is C25H31ClN4O5. The predicted molar refractivity (Wildman–Crippen MR) is 129 cm³/mol. The highest BCUT2D eigenvalue weighted by molar-refractivity contribution is 6.31. The van der Waals surface area contributed by atoms with Gasteiger partial charge in [0.05, 0.1) is 36.4 Å². The number of rotatable bonds is 7. The predicted octanol–water partition coefficient (Wildman–Crippen LogP) is 2.71. The van der Waals surface area contributed by atoms with Crippen molar-refractivity contribution in [1.29, 1.82) is 0 Å². The van der Waals surface area contributed by atoms with Crippen LogP contribution in [-0.4, -0.2) is 77.8 Å². The number of amides is 4. The van der Waals surface area contributed by atoms with Gasteiger partial charge in [0, 0.05) is 37.6 Å². The molecule has 1 saturated heterocycles.